The highest BCUT2D eigenvalue weighted by Gasteiger charge is 2.46. The number of aliphatic hydroxyl groups is 1. The van der Waals surface area contributed by atoms with E-state index in [1.54, 1.807) is 60.0 Å². The Morgan fingerprint density at radius 2 is 1.05 bits per heavy atom. The van der Waals surface area contributed by atoms with Crippen LogP contribution in [0, 0.1) is 59.2 Å². The van der Waals surface area contributed by atoms with Crippen molar-refractivity contribution in [2.24, 2.45) is 59.2 Å². The number of carbonyl (C=O) groups is 11. The van der Waals surface area contributed by atoms with Gasteiger partial charge in [0.2, 0.25) is 47.3 Å². The summed E-state index contributed by atoms with van der Waals surface area (Å²) in [5, 5.41) is 15.1. The molecule has 2 heterocycles. The van der Waals surface area contributed by atoms with Crippen molar-refractivity contribution in [3.8, 4) is 0 Å². The number of aliphatic hydroxyl groups excluding tert-OH is 1. The number of Topliss-reactive ketones (excluding diaryl/α,β-unsaturated/α-hetero) is 3. The molecule has 14 atom stereocenters. The molecular formula is C72H122N10O12. The number of aromatic nitrogens is 1. The molecule has 0 aliphatic carbocycles. The zero-order valence-electron chi connectivity index (χ0n) is 62.0. The second-order valence-corrected chi connectivity index (χ2v) is 29.3. The fourth-order valence-corrected chi connectivity index (χ4v) is 13.1. The van der Waals surface area contributed by atoms with Crippen LogP contribution in [0.3, 0.4) is 0 Å². The van der Waals surface area contributed by atoms with Crippen LogP contribution in [-0.4, -0.2) is 231 Å². The Labute approximate surface area is 564 Å². The molecule has 2 rings (SSSR count). The first-order valence-corrected chi connectivity index (χ1v) is 34.2. The fourth-order valence-electron chi connectivity index (χ4n) is 13.1. The van der Waals surface area contributed by atoms with Gasteiger partial charge in [0.05, 0.1) is 18.2 Å². The van der Waals surface area contributed by atoms with E-state index in [1.165, 1.54) is 85.7 Å². The van der Waals surface area contributed by atoms with Crippen LogP contribution in [0.2, 0.25) is 0 Å². The number of carbonyl (C=O) groups excluding carboxylic acids is 11. The Kier molecular flexibility index (Phi) is 34.1. The SMILES string of the molecule is C/C=C/C[C@@H](C)[C@@H](O)[C@H]1C(=O)N[C@@H](CC)C(=O)N(C)[C@H](C)C(=O)N(C)[C@@H]([C@H](C)CN(C)Cc2cccnc2)C(=O)C[C@@H](C(C)C)C(=O)N(C)[C@@H](CC(C)C)C(=O)C[C@@H](C)C(=O)C[C@H](C)C(=O)N(C)[C@@H](CC(C)C)C(=O)N(C)[C@@H](CC(C)C)C(=O)N(C)[C@@H](C(C)C)C(=O)N1C. The molecule has 1 aliphatic rings. The minimum Gasteiger partial charge on any atom is -0.390 e. The Hall–Kier alpha value is -6.42. The van der Waals surface area contributed by atoms with Crippen molar-refractivity contribution in [3.63, 3.8) is 0 Å². The summed E-state index contributed by atoms with van der Waals surface area (Å²) in [5.74, 6) is -11.5. The molecular weight excluding hydrogens is 1200 g/mol. The second kappa shape index (κ2) is 38.4. The van der Waals surface area contributed by atoms with Crippen molar-refractivity contribution < 1.29 is 57.8 Å². The number of hydrogen-bond donors (Lipinski definition) is 2. The Bertz CT molecular complexity index is 2740. The number of nitrogens with one attached hydrogen (secondary N) is 1. The lowest BCUT2D eigenvalue weighted by Crippen LogP contribution is -2.63. The van der Waals surface area contributed by atoms with E-state index in [9.17, 15) is 24.3 Å². The first-order chi connectivity index (χ1) is 43.6. The maximum absolute atomic E-state index is 15.3. The predicted octanol–water partition coefficient (Wildman–Crippen LogP) is 7.05. The van der Waals surface area contributed by atoms with Crippen molar-refractivity contribution in [1.82, 2.24) is 49.5 Å². The van der Waals surface area contributed by atoms with Gasteiger partial charge >= 0.3 is 0 Å². The van der Waals surface area contributed by atoms with Gasteiger partial charge in [-0.2, -0.15) is 0 Å². The van der Waals surface area contributed by atoms with Crippen LogP contribution in [0.15, 0.2) is 36.7 Å². The number of ketones is 3. The van der Waals surface area contributed by atoms with E-state index in [0.717, 1.165) is 10.5 Å². The molecule has 0 saturated carbocycles. The molecule has 1 saturated heterocycles. The molecule has 2 N–H and O–H groups in total. The van der Waals surface area contributed by atoms with Gasteiger partial charge in [0.25, 0.3) is 0 Å². The molecule has 1 aromatic heterocycles. The van der Waals surface area contributed by atoms with Gasteiger partial charge in [-0.05, 0) is 106 Å². The lowest BCUT2D eigenvalue weighted by molar-refractivity contribution is -0.157. The summed E-state index contributed by atoms with van der Waals surface area (Å²) in [7, 11) is 12.1. The number of nitrogens with zero attached hydrogens (tertiary/aromatic N) is 9. The molecule has 0 radical (unpaired) electrons. The normalized spacial score (nSPS) is 26.8. The van der Waals surface area contributed by atoms with Crippen LogP contribution < -0.4 is 5.32 Å². The fraction of sp³-hybridized carbons (Fsp3) is 0.750. The maximum atomic E-state index is 15.3. The Morgan fingerprint density at radius 1 is 0.564 bits per heavy atom. The molecule has 22 nitrogen and oxygen atoms in total. The summed E-state index contributed by atoms with van der Waals surface area (Å²) < 4.78 is 0. The third-order valence-electron chi connectivity index (χ3n) is 19.1. The van der Waals surface area contributed by atoms with Crippen molar-refractivity contribution in [2.45, 2.75) is 230 Å². The zero-order valence-corrected chi connectivity index (χ0v) is 62.0. The molecule has 532 valence electrons. The highest BCUT2D eigenvalue weighted by atomic mass is 16.3. The number of hydrogen-bond acceptors (Lipinski definition) is 14. The molecule has 22 heteroatoms. The van der Waals surface area contributed by atoms with Crippen LogP contribution in [0.1, 0.15) is 175 Å². The van der Waals surface area contributed by atoms with Crippen LogP contribution in [0.25, 0.3) is 0 Å². The van der Waals surface area contributed by atoms with E-state index in [4.69, 9.17) is 0 Å². The Morgan fingerprint density at radius 3 is 1.54 bits per heavy atom. The Balaban J connectivity index is 3.07. The molecule has 1 aromatic rings. The quantitative estimate of drug-likeness (QED) is 0.140. The number of rotatable bonds is 18. The predicted molar refractivity (Wildman–Crippen MR) is 367 cm³/mol. The van der Waals surface area contributed by atoms with Crippen LogP contribution in [0.4, 0.5) is 0 Å². The van der Waals surface area contributed by atoms with Gasteiger partial charge in [0.1, 0.15) is 42.0 Å². The maximum Gasteiger partial charge on any atom is 0.246 e. The number of likely N-dealkylation sites (N-methyl/N-ethyl adjacent to an activating group) is 7. The first-order valence-electron chi connectivity index (χ1n) is 34.2. The third kappa shape index (κ3) is 22.9. The van der Waals surface area contributed by atoms with Gasteiger partial charge in [-0.3, -0.25) is 57.7 Å². The first kappa shape index (κ1) is 83.7. The molecule has 0 bridgehead atoms. The largest absolute Gasteiger partial charge is 0.390 e. The zero-order chi connectivity index (χ0) is 72.2. The highest BCUT2D eigenvalue weighted by Crippen LogP contribution is 2.30. The smallest absolute Gasteiger partial charge is 0.246 e. The van der Waals surface area contributed by atoms with Crippen LogP contribution in [-0.2, 0) is 59.3 Å². The lowest BCUT2D eigenvalue weighted by Gasteiger charge is -2.41. The number of pyridine rings is 1. The van der Waals surface area contributed by atoms with Crippen molar-refractivity contribution in [2.75, 3.05) is 62.9 Å². The topological polar surface area (TPSA) is 259 Å². The van der Waals surface area contributed by atoms with Crippen molar-refractivity contribution in [1.29, 1.82) is 0 Å². The molecule has 0 spiro atoms. The summed E-state index contributed by atoms with van der Waals surface area (Å²) in [6.07, 6.45) is 5.61. The average Bonchev–Trinajstić information content (AvgIpc) is 0.810. The van der Waals surface area contributed by atoms with Gasteiger partial charge in [-0.1, -0.05) is 122 Å². The second-order valence-electron chi connectivity index (χ2n) is 29.3. The van der Waals surface area contributed by atoms with E-state index >= 15 is 33.6 Å². The molecule has 8 amide bonds. The molecule has 0 unspecified atom stereocenters. The van der Waals surface area contributed by atoms with E-state index in [-0.39, 0.29) is 74.3 Å². The van der Waals surface area contributed by atoms with Crippen molar-refractivity contribution in [3.05, 3.63) is 42.2 Å². The molecule has 0 aromatic carbocycles. The standard InChI is InChI=1S/C72H122N10O12/c1-26-28-30-47(13)64(86)63-65(87)74-54(27-2)69(91)76(19)51(17)67(89)81(24)62(50(16)40-75(18)41-52-31-29-32-73-39-52)60(85)38-53(45(9)10)68(90)77(20)55(33-42(3)4)59(84)36-48(14)58(83)37-49(15)66(88)78(21)56(34-43(5)6)70(92)79(22)57(35-44(7)8)71(93)80(23)61(46(11)12)72(94)82(63)25/h26,28-29,31-32,39,42-51,53-57,61-64,86H,27,30,33-38,40-41H2,1-25H3,(H,74,87)/b28-26+/t47-,48-,49+,50-,51-,53+,54+,55+,56+,57+,61+,62+,63+,64-/m1/s1. The van der Waals surface area contributed by atoms with E-state index < -0.39 is 149 Å². The summed E-state index contributed by atoms with van der Waals surface area (Å²) in [6, 6.07) is -6.02. The number of allylic oxidation sites excluding steroid dienone is 2. The van der Waals surface area contributed by atoms with E-state index in [1.807, 2.05) is 99.4 Å². The highest BCUT2D eigenvalue weighted by molar-refractivity contribution is 6.00. The van der Waals surface area contributed by atoms with Gasteiger partial charge < -0.3 is 49.6 Å². The minimum absolute atomic E-state index is 0.0118. The lowest BCUT2D eigenvalue weighted by atomic mass is 9.83. The van der Waals surface area contributed by atoms with E-state index in [0.29, 0.717) is 19.5 Å². The molecule has 1 aliphatic heterocycles. The minimum atomic E-state index is -1.62. The monoisotopic (exact) mass is 1320 g/mol. The van der Waals surface area contributed by atoms with Gasteiger partial charge in [0, 0.05) is 112 Å². The summed E-state index contributed by atoms with van der Waals surface area (Å²) in [6.45, 7) is 31.1. The van der Waals surface area contributed by atoms with Gasteiger partial charge in [0.15, 0.2) is 11.6 Å². The summed E-state index contributed by atoms with van der Waals surface area (Å²) in [4.78, 5) is 180. The number of amides is 8. The van der Waals surface area contributed by atoms with Gasteiger partial charge in [-0.15, -0.1) is 0 Å². The average molecular weight is 1320 g/mol. The van der Waals surface area contributed by atoms with Crippen LogP contribution >= 0.6 is 0 Å². The molecule has 1 fully saturated rings. The van der Waals surface area contributed by atoms with Crippen molar-refractivity contribution >= 4 is 64.6 Å². The van der Waals surface area contributed by atoms with Crippen LogP contribution in [0.5, 0.6) is 0 Å². The summed E-state index contributed by atoms with van der Waals surface area (Å²) in [5.41, 5.74) is 0.913. The van der Waals surface area contributed by atoms with Gasteiger partial charge in [-0.25, -0.2) is 0 Å². The summed E-state index contributed by atoms with van der Waals surface area (Å²) >= 11 is 0. The molecule has 94 heavy (non-hydrogen) atoms. The van der Waals surface area contributed by atoms with E-state index in [2.05, 4.69) is 10.3 Å². The third-order valence-corrected chi connectivity index (χ3v) is 19.1.